The molecule has 0 unspecified atom stereocenters. The van der Waals surface area contributed by atoms with Gasteiger partial charge in [0.2, 0.25) is 0 Å². The zero-order valence-electron chi connectivity index (χ0n) is 15.6. The molecule has 0 aliphatic carbocycles. The van der Waals surface area contributed by atoms with Crippen molar-refractivity contribution < 1.29 is 4.79 Å². The van der Waals surface area contributed by atoms with Gasteiger partial charge in [0, 0.05) is 20.1 Å². The Balaban J connectivity index is 1.89. The quantitative estimate of drug-likeness (QED) is 0.154. The molecule has 0 bridgehead atoms. The molecule has 0 radical (unpaired) electrons. The highest BCUT2D eigenvalue weighted by Crippen LogP contribution is 2.27. The van der Waals surface area contributed by atoms with Crippen LogP contribution in [0, 0.1) is 6.92 Å². The first-order valence-corrected chi connectivity index (χ1v) is 10.6. The van der Waals surface area contributed by atoms with Crippen LogP contribution in [0.25, 0.3) is 0 Å². The van der Waals surface area contributed by atoms with E-state index in [0.29, 0.717) is 11.1 Å². The topological polar surface area (TPSA) is 17.1 Å². The van der Waals surface area contributed by atoms with E-state index >= 15 is 0 Å². The summed E-state index contributed by atoms with van der Waals surface area (Å²) in [5.41, 5.74) is 5.07. The van der Waals surface area contributed by atoms with Crippen molar-refractivity contribution in [2.45, 2.75) is 32.6 Å². The molecule has 0 aromatic heterocycles. The highest BCUT2D eigenvalue weighted by molar-refractivity contribution is 9.11. The van der Waals surface area contributed by atoms with Gasteiger partial charge >= 0.3 is 0 Å². The number of Topliss-reactive ketones (excluding diaryl/α,β-unsaturated/α-hetero) is 1. The van der Waals surface area contributed by atoms with Crippen molar-refractivity contribution >= 4 is 37.6 Å². The summed E-state index contributed by atoms with van der Waals surface area (Å²) < 4.78 is 2.34. The average molecular weight is 488 g/mol. The van der Waals surface area contributed by atoms with Gasteiger partial charge in [-0.05, 0) is 61.4 Å². The van der Waals surface area contributed by atoms with E-state index in [0.717, 1.165) is 30.2 Å². The van der Waals surface area contributed by atoms with Gasteiger partial charge in [0.15, 0.2) is 5.78 Å². The molecular weight excluding hydrogens is 464 g/mol. The monoisotopic (exact) mass is 486 g/mol. The van der Waals surface area contributed by atoms with Crippen LogP contribution in [-0.2, 0) is 12.8 Å². The summed E-state index contributed by atoms with van der Waals surface area (Å²) in [4.78, 5) is 12.4. The molecule has 0 fully saturated rings. The van der Waals surface area contributed by atoms with E-state index in [1.165, 1.54) is 21.2 Å². The van der Waals surface area contributed by atoms with E-state index in [9.17, 15) is 4.79 Å². The third-order valence-electron chi connectivity index (χ3n) is 4.48. The SMILES string of the molecule is C=C/C=C(\C=C)C(=O)c1ccc(CCCCc2cc(Br)c(C)cc2Br)cc1. The van der Waals surface area contributed by atoms with E-state index in [2.05, 4.69) is 64.1 Å². The van der Waals surface area contributed by atoms with Crippen LogP contribution in [0.15, 0.2) is 82.3 Å². The number of unbranched alkanes of at least 4 members (excludes halogenated alkanes) is 1. The summed E-state index contributed by atoms with van der Waals surface area (Å²) in [6.45, 7) is 9.42. The first-order chi connectivity index (χ1) is 13.0. The molecule has 0 saturated heterocycles. The highest BCUT2D eigenvalue weighted by atomic mass is 79.9. The van der Waals surface area contributed by atoms with Gasteiger partial charge in [0.1, 0.15) is 0 Å². The van der Waals surface area contributed by atoms with Crippen molar-refractivity contribution in [3.05, 3.63) is 105 Å². The van der Waals surface area contributed by atoms with Gasteiger partial charge in [0.05, 0.1) is 0 Å². The van der Waals surface area contributed by atoms with Crippen LogP contribution in [0.1, 0.15) is 39.9 Å². The first-order valence-electron chi connectivity index (χ1n) is 8.99. The minimum absolute atomic E-state index is 0.0220. The van der Waals surface area contributed by atoms with E-state index in [4.69, 9.17) is 0 Å². The second kappa shape index (κ2) is 10.6. The Labute approximate surface area is 179 Å². The van der Waals surface area contributed by atoms with Crippen molar-refractivity contribution in [2.24, 2.45) is 0 Å². The molecule has 0 saturated carbocycles. The molecular formula is C24H24Br2O. The van der Waals surface area contributed by atoms with Crippen LogP contribution in [0.5, 0.6) is 0 Å². The summed E-state index contributed by atoms with van der Waals surface area (Å²) in [6, 6.07) is 12.2. The summed E-state index contributed by atoms with van der Waals surface area (Å²) >= 11 is 7.26. The molecule has 0 aliphatic rings. The number of ketones is 1. The molecule has 0 aliphatic heterocycles. The van der Waals surface area contributed by atoms with E-state index in [-0.39, 0.29) is 5.78 Å². The van der Waals surface area contributed by atoms with Crippen molar-refractivity contribution in [3.8, 4) is 0 Å². The fraction of sp³-hybridized carbons (Fsp3) is 0.208. The number of rotatable bonds is 9. The highest BCUT2D eigenvalue weighted by Gasteiger charge is 2.09. The molecule has 2 rings (SSSR count). The van der Waals surface area contributed by atoms with Crippen LogP contribution in [0.4, 0.5) is 0 Å². The van der Waals surface area contributed by atoms with Gasteiger partial charge in [-0.2, -0.15) is 0 Å². The number of aryl methyl sites for hydroxylation is 3. The molecule has 27 heavy (non-hydrogen) atoms. The molecule has 0 spiro atoms. The Kier molecular flexibility index (Phi) is 8.46. The summed E-state index contributed by atoms with van der Waals surface area (Å²) in [5, 5.41) is 0. The molecule has 140 valence electrons. The molecule has 0 heterocycles. The number of allylic oxidation sites excluding steroid dienone is 4. The molecule has 1 nitrogen and oxygen atoms in total. The molecule has 0 atom stereocenters. The fourth-order valence-electron chi connectivity index (χ4n) is 2.88. The maximum absolute atomic E-state index is 12.4. The normalized spacial score (nSPS) is 11.3. The van der Waals surface area contributed by atoms with Crippen molar-refractivity contribution in [1.82, 2.24) is 0 Å². The molecule has 0 amide bonds. The smallest absolute Gasteiger partial charge is 0.192 e. The van der Waals surface area contributed by atoms with Gasteiger partial charge in [-0.1, -0.05) is 87.5 Å². The standard InChI is InChI=1S/C24H24Br2O/c1-4-8-19(5-2)24(27)20-13-11-18(12-14-20)9-6-7-10-21-16-22(25)17(3)15-23(21)26/h4-5,8,11-16H,1-2,6-7,9-10H2,3H3/b19-8+. The molecule has 2 aromatic carbocycles. The van der Waals surface area contributed by atoms with Crippen LogP contribution >= 0.6 is 31.9 Å². The third-order valence-corrected chi connectivity index (χ3v) is 6.08. The van der Waals surface area contributed by atoms with Crippen LogP contribution in [0.3, 0.4) is 0 Å². The summed E-state index contributed by atoms with van der Waals surface area (Å²) in [5.74, 6) is -0.0220. The lowest BCUT2D eigenvalue weighted by Crippen LogP contribution is -2.01. The Morgan fingerprint density at radius 1 is 1.00 bits per heavy atom. The van der Waals surface area contributed by atoms with E-state index in [1.807, 2.05) is 24.3 Å². The lowest BCUT2D eigenvalue weighted by Gasteiger charge is -2.08. The number of benzene rings is 2. The Bertz CT molecular complexity index is 861. The largest absolute Gasteiger partial charge is 0.289 e. The lowest BCUT2D eigenvalue weighted by molar-refractivity contribution is 0.103. The van der Waals surface area contributed by atoms with E-state index in [1.54, 1.807) is 18.2 Å². The maximum atomic E-state index is 12.4. The van der Waals surface area contributed by atoms with Gasteiger partial charge in [-0.3, -0.25) is 4.79 Å². The molecule has 0 N–H and O–H groups in total. The number of halogens is 2. The lowest BCUT2D eigenvalue weighted by atomic mass is 9.99. The number of hydrogen-bond acceptors (Lipinski definition) is 1. The van der Waals surface area contributed by atoms with Crippen molar-refractivity contribution in [2.75, 3.05) is 0 Å². The maximum Gasteiger partial charge on any atom is 0.192 e. The fourth-order valence-corrected chi connectivity index (χ4v) is 3.92. The van der Waals surface area contributed by atoms with Crippen LogP contribution in [-0.4, -0.2) is 5.78 Å². The van der Waals surface area contributed by atoms with Crippen LogP contribution < -0.4 is 0 Å². The minimum atomic E-state index is -0.0220. The zero-order chi connectivity index (χ0) is 19.8. The summed E-state index contributed by atoms with van der Waals surface area (Å²) in [6.07, 6.45) is 9.15. The molecule has 3 heteroatoms. The third kappa shape index (κ3) is 6.15. The van der Waals surface area contributed by atoms with Crippen LogP contribution in [0.2, 0.25) is 0 Å². The van der Waals surface area contributed by atoms with Gasteiger partial charge < -0.3 is 0 Å². The number of hydrogen-bond donors (Lipinski definition) is 0. The predicted molar refractivity (Wildman–Crippen MR) is 122 cm³/mol. The predicted octanol–water partition coefficient (Wildman–Crippen LogP) is 7.57. The second-order valence-corrected chi connectivity index (χ2v) is 8.20. The van der Waals surface area contributed by atoms with Crippen molar-refractivity contribution in [1.29, 1.82) is 0 Å². The Hall–Kier alpha value is -1.71. The van der Waals surface area contributed by atoms with E-state index < -0.39 is 0 Å². The van der Waals surface area contributed by atoms with Gasteiger partial charge in [-0.15, -0.1) is 0 Å². The van der Waals surface area contributed by atoms with Gasteiger partial charge in [0.25, 0.3) is 0 Å². The number of carbonyl (C=O) groups excluding carboxylic acids is 1. The minimum Gasteiger partial charge on any atom is -0.289 e. The second-order valence-electron chi connectivity index (χ2n) is 6.49. The first kappa shape index (κ1) is 21.6. The van der Waals surface area contributed by atoms with Gasteiger partial charge in [-0.25, -0.2) is 0 Å². The Morgan fingerprint density at radius 2 is 1.67 bits per heavy atom. The number of carbonyl (C=O) groups is 1. The summed E-state index contributed by atoms with van der Waals surface area (Å²) in [7, 11) is 0. The Morgan fingerprint density at radius 3 is 2.30 bits per heavy atom. The zero-order valence-corrected chi connectivity index (χ0v) is 18.8. The average Bonchev–Trinajstić information content (AvgIpc) is 2.67. The van der Waals surface area contributed by atoms with Crippen molar-refractivity contribution in [3.63, 3.8) is 0 Å². The molecule has 2 aromatic rings.